The zero-order valence-electron chi connectivity index (χ0n) is 12.4. The number of nitrogens with two attached hydrogens (primary N) is 1. The van der Waals surface area contributed by atoms with Gasteiger partial charge >= 0.3 is 0 Å². The van der Waals surface area contributed by atoms with Crippen LogP contribution in [0.4, 0.5) is 4.39 Å². The summed E-state index contributed by atoms with van der Waals surface area (Å²) in [6, 6.07) is 6.93. The Labute approximate surface area is 150 Å². The maximum absolute atomic E-state index is 13.1. The van der Waals surface area contributed by atoms with Gasteiger partial charge < -0.3 is 15.3 Å². The monoisotopic (exact) mass is 415 g/mol. The van der Waals surface area contributed by atoms with Gasteiger partial charge in [-0.3, -0.25) is 4.79 Å². The van der Waals surface area contributed by atoms with Crippen LogP contribution in [0.15, 0.2) is 40.0 Å². The molecule has 24 heavy (non-hydrogen) atoms. The number of carbonyl (C=O) groups excluding carboxylic acids is 1. The van der Waals surface area contributed by atoms with E-state index in [1.165, 1.54) is 19.2 Å². The smallest absolute Gasteiger partial charge is 0.228 e. The minimum absolute atomic E-state index is 0.0225. The first-order valence-corrected chi connectivity index (χ1v) is 7.74. The van der Waals surface area contributed by atoms with Crippen LogP contribution in [0.1, 0.15) is 16.1 Å². The van der Waals surface area contributed by atoms with E-state index < -0.39 is 11.6 Å². The van der Waals surface area contributed by atoms with Gasteiger partial charge in [-0.25, -0.2) is 9.37 Å². The molecule has 6 nitrogen and oxygen atoms in total. The number of amidine groups is 1. The summed E-state index contributed by atoms with van der Waals surface area (Å²) < 4.78 is 18.8. The number of methoxy groups -OCH3 is 1. The van der Waals surface area contributed by atoms with Crippen molar-refractivity contribution in [1.29, 1.82) is 0 Å². The van der Waals surface area contributed by atoms with Gasteiger partial charge in [0.1, 0.15) is 11.5 Å². The number of pyridine rings is 1. The van der Waals surface area contributed by atoms with Gasteiger partial charge in [0.2, 0.25) is 11.7 Å². The van der Waals surface area contributed by atoms with Crippen LogP contribution in [-0.2, 0) is 4.84 Å². The highest BCUT2D eigenvalue weighted by Gasteiger charge is 2.11. The van der Waals surface area contributed by atoms with Crippen LogP contribution in [0.2, 0.25) is 5.02 Å². The molecule has 1 aromatic carbocycles. The topological polar surface area (TPSA) is 86.8 Å². The molecule has 9 heteroatoms. The molecule has 0 aliphatic carbocycles. The Morgan fingerprint density at radius 1 is 1.42 bits per heavy atom. The van der Waals surface area contributed by atoms with E-state index in [1.807, 2.05) is 0 Å². The normalized spacial score (nSPS) is 11.2. The second-order valence-electron chi connectivity index (χ2n) is 4.49. The van der Waals surface area contributed by atoms with E-state index in [0.29, 0.717) is 16.0 Å². The van der Waals surface area contributed by atoms with Crippen molar-refractivity contribution in [2.75, 3.05) is 13.7 Å². The SMILES string of the molecule is COc1nc(/C(N)=N/OCC(=O)c2ccc(F)c(Cl)c2)ccc1Br. The number of carbonyl (C=O) groups is 1. The Morgan fingerprint density at radius 3 is 2.83 bits per heavy atom. The summed E-state index contributed by atoms with van der Waals surface area (Å²) >= 11 is 8.89. The van der Waals surface area contributed by atoms with Crippen molar-refractivity contribution >= 4 is 39.1 Å². The summed E-state index contributed by atoms with van der Waals surface area (Å²) in [6.45, 7) is -0.379. The summed E-state index contributed by atoms with van der Waals surface area (Å²) in [5.41, 5.74) is 6.28. The minimum Gasteiger partial charge on any atom is -0.480 e. The molecule has 2 rings (SSSR count). The number of ether oxygens (including phenoxy) is 1. The van der Waals surface area contributed by atoms with Crippen LogP contribution in [0, 0.1) is 5.82 Å². The lowest BCUT2D eigenvalue weighted by Gasteiger charge is -2.05. The third kappa shape index (κ3) is 4.42. The quantitative estimate of drug-likeness (QED) is 0.338. The maximum atomic E-state index is 13.1. The molecule has 1 heterocycles. The van der Waals surface area contributed by atoms with Crippen LogP contribution in [0.3, 0.4) is 0 Å². The number of hydrogen-bond donors (Lipinski definition) is 1. The molecule has 0 aliphatic rings. The van der Waals surface area contributed by atoms with Gasteiger partial charge in [-0.1, -0.05) is 16.8 Å². The fourth-order valence-electron chi connectivity index (χ4n) is 1.67. The summed E-state index contributed by atoms with van der Waals surface area (Å²) in [4.78, 5) is 21.0. The highest BCUT2D eigenvalue weighted by atomic mass is 79.9. The number of nitrogens with zero attached hydrogens (tertiary/aromatic N) is 2. The number of Topliss-reactive ketones (excluding diaryl/α,β-unsaturated/α-hetero) is 1. The summed E-state index contributed by atoms with van der Waals surface area (Å²) in [5.74, 6) is -0.713. The molecule has 0 fully saturated rings. The molecular weight excluding hydrogens is 405 g/mol. The molecule has 0 saturated heterocycles. The van der Waals surface area contributed by atoms with Crippen LogP contribution in [-0.4, -0.2) is 30.3 Å². The number of rotatable bonds is 6. The van der Waals surface area contributed by atoms with Gasteiger partial charge in [0, 0.05) is 5.56 Å². The highest BCUT2D eigenvalue weighted by Crippen LogP contribution is 2.22. The van der Waals surface area contributed by atoms with E-state index >= 15 is 0 Å². The average Bonchev–Trinajstić information content (AvgIpc) is 2.57. The van der Waals surface area contributed by atoms with E-state index in [-0.39, 0.29) is 23.0 Å². The molecular formula is C15H12BrClFN3O3. The first kappa shape index (κ1) is 18.2. The molecule has 1 aromatic heterocycles. The lowest BCUT2D eigenvalue weighted by atomic mass is 10.1. The Balaban J connectivity index is 2.02. The van der Waals surface area contributed by atoms with Gasteiger partial charge in [-0.15, -0.1) is 0 Å². The zero-order valence-corrected chi connectivity index (χ0v) is 14.8. The molecule has 0 saturated carbocycles. The van der Waals surface area contributed by atoms with Crippen LogP contribution < -0.4 is 10.5 Å². The van der Waals surface area contributed by atoms with Crippen molar-refractivity contribution in [3.05, 3.63) is 56.9 Å². The molecule has 0 bridgehead atoms. The van der Waals surface area contributed by atoms with Crippen molar-refractivity contribution in [3.8, 4) is 5.88 Å². The van der Waals surface area contributed by atoms with E-state index in [9.17, 15) is 9.18 Å². The summed E-state index contributed by atoms with van der Waals surface area (Å²) in [5, 5.41) is 3.49. The highest BCUT2D eigenvalue weighted by molar-refractivity contribution is 9.10. The summed E-state index contributed by atoms with van der Waals surface area (Å²) in [7, 11) is 1.47. The van der Waals surface area contributed by atoms with E-state index in [0.717, 1.165) is 6.07 Å². The molecule has 0 spiro atoms. The van der Waals surface area contributed by atoms with Crippen LogP contribution >= 0.6 is 27.5 Å². The molecule has 2 aromatic rings. The fourth-order valence-corrected chi connectivity index (χ4v) is 2.23. The molecule has 2 N–H and O–H groups in total. The molecule has 0 aliphatic heterocycles. The second-order valence-corrected chi connectivity index (χ2v) is 5.75. The maximum Gasteiger partial charge on any atom is 0.228 e. The van der Waals surface area contributed by atoms with E-state index in [1.54, 1.807) is 12.1 Å². The van der Waals surface area contributed by atoms with Gasteiger partial charge in [0.05, 0.1) is 16.6 Å². The van der Waals surface area contributed by atoms with Crippen molar-refractivity contribution < 1.29 is 18.8 Å². The van der Waals surface area contributed by atoms with Crippen molar-refractivity contribution in [2.45, 2.75) is 0 Å². The number of oxime groups is 1. The van der Waals surface area contributed by atoms with Gasteiger partial charge in [-0.2, -0.15) is 0 Å². The number of halogens is 3. The van der Waals surface area contributed by atoms with Gasteiger partial charge in [0.25, 0.3) is 0 Å². The Bertz CT molecular complexity index is 802. The van der Waals surface area contributed by atoms with Crippen molar-refractivity contribution in [1.82, 2.24) is 4.98 Å². The Morgan fingerprint density at radius 2 is 2.17 bits per heavy atom. The standard InChI is InChI=1S/C15H12BrClFN3O3/c1-23-15-9(16)3-5-12(20-15)14(19)21-24-7-13(22)8-2-4-11(18)10(17)6-8/h2-6H,7H2,1H3,(H2,19,21). The predicted octanol–water partition coefficient (Wildman–Crippen LogP) is 3.17. The molecule has 0 amide bonds. The number of hydrogen-bond acceptors (Lipinski definition) is 5. The third-order valence-electron chi connectivity index (χ3n) is 2.87. The molecule has 0 radical (unpaired) electrons. The lowest BCUT2D eigenvalue weighted by molar-refractivity contribution is 0.0775. The Kier molecular flexibility index (Phi) is 6.10. The molecule has 126 valence electrons. The fraction of sp³-hybridized carbons (Fsp3) is 0.133. The number of benzene rings is 1. The minimum atomic E-state index is -0.605. The second kappa shape index (κ2) is 8.07. The first-order valence-electron chi connectivity index (χ1n) is 6.57. The number of ketones is 1. The largest absolute Gasteiger partial charge is 0.480 e. The number of aromatic nitrogens is 1. The first-order chi connectivity index (χ1) is 11.4. The average molecular weight is 417 g/mol. The van der Waals surface area contributed by atoms with E-state index in [2.05, 4.69) is 26.1 Å². The Hall–Kier alpha value is -2.19. The molecule has 0 unspecified atom stereocenters. The van der Waals surface area contributed by atoms with E-state index in [4.69, 9.17) is 26.9 Å². The lowest BCUT2D eigenvalue weighted by Crippen LogP contribution is -2.17. The van der Waals surface area contributed by atoms with Crippen molar-refractivity contribution in [3.63, 3.8) is 0 Å². The zero-order chi connectivity index (χ0) is 17.7. The van der Waals surface area contributed by atoms with Gasteiger partial charge in [-0.05, 0) is 46.3 Å². The van der Waals surface area contributed by atoms with Crippen LogP contribution in [0.25, 0.3) is 0 Å². The van der Waals surface area contributed by atoms with Crippen LogP contribution in [0.5, 0.6) is 5.88 Å². The third-order valence-corrected chi connectivity index (χ3v) is 3.76. The van der Waals surface area contributed by atoms with Gasteiger partial charge in [0.15, 0.2) is 12.4 Å². The molecule has 0 atom stereocenters. The predicted molar refractivity (Wildman–Crippen MR) is 90.9 cm³/mol. The van der Waals surface area contributed by atoms with Crippen molar-refractivity contribution in [2.24, 2.45) is 10.9 Å². The summed E-state index contributed by atoms with van der Waals surface area (Å²) in [6.07, 6.45) is 0.